The van der Waals surface area contributed by atoms with E-state index in [1.807, 2.05) is 31.2 Å². The largest absolute Gasteiger partial charge is 0.370 e. The molecule has 2 fully saturated rings. The summed E-state index contributed by atoms with van der Waals surface area (Å²) in [5.41, 5.74) is 3.82. The molecule has 1 aromatic heterocycles. The van der Waals surface area contributed by atoms with Crippen LogP contribution in [-0.2, 0) is 0 Å². The lowest BCUT2D eigenvalue weighted by atomic mass is 10.1. The van der Waals surface area contributed by atoms with E-state index in [2.05, 4.69) is 33.1 Å². The van der Waals surface area contributed by atoms with Crippen molar-refractivity contribution in [2.45, 2.75) is 45.6 Å². The number of amides is 1. The summed E-state index contributed by atoms with van der Waals surface area (Å²) in [5, 5.41) is 3.62. The zero-order valence-corrected chi connectivity index (χ0v) is 20.1. The normalized spacial score (nSPS) is 17.1. The molecule has 2 heterocycles. The van der Waals surface area contributed by atoms with Crippen LogP contribution in [0.25, 0.3) is 16.6 Å². The fourth-order valence-corrected chi connectivity index (χ4v) is 4.75. The summed E-state index contributed by atoms with van der Waals surface area (Å²) in [6, 6.07) is 11.8. The molecule has 1 aliphatic carbocycles. The molecule has 178 valence electrons. The van der Waals surface area contributed by atoms with Gasteiger partial charge in [-0.3, -0.25) is 14.2 Å². The summed E-state index contributed by atoms with van der Waals surface area (Å²) in [6.07, 6.45) is 5.93. The van der Waals surface area contributed by atoms with Gasteiger partial charge in [-0.25, -0.2) is 4.98 Å². The van der Waals surface area contributed by atoms with Gasteiger partial charge >= 0.3 is 0 Å². The summed E-state index contributed by atoms with van der Waals surface area (Å²) in [5.74, 6) is -0.0916. The second-order valence-electron chi connectivity index (χ2n) is 9.55. The summed E-state index contributed by atoms with van der Waals surface area (Å²) in [7, 11) is 0. The standard InChI is InChI=1S/C27H33N5O2/c1-3-11-30-12-4-13-31(15-14-30)22-9-10-24-23(17-22)27(34)32(18-28-24)25-16-20(6-5-19(25)2)26(33)29-21-7-8-21/h5-6,9-10,16-18,21H,3-4,7-8,11-15H2,1-2H3,(H,29,33). The van der Waals surface area contributed by atoms with Crippen molar-refractivity contribution < 1.29 is 4.79 Å². The number of aryl methyl sites for hydroxylation is 1. The minimum Gasteiger partial charge on any atom is -0.370 e. The van der Waals surface area contributed by atoms with Gasteiger partial charge in [0.1, 0.15) is 6.33 Å². The van der Waals surface area contributed by atoms with Gasteiger partial charge in [0.05, 0.1) is 16.6 Å². The molecule has 1 saturated heterocycles. The fourth-order valence-electron chi connectivity index (χ4n) is 4.75. The van der Waals surface area contributed by atoms with Crippen molar-refractivity contribution >= 4 is 22.5 Å². The van der Waals surface area contributed by atoms with Gasteiger partial charge in [0, 0.05) is 36.9 Å². The predicted octanol–water partition coefficient (Wildman–Crippen LogP) is 3.51. The first-order valence-electron chi connectivity index (χ1n) is 12.4. The topological polar surface area (TPSA) is 70.5 Å². The van der Waals surface area contributed by atoms with E-state index >= 15 is 0 Å². The third-order valence-electron chi connectivity index (χ3n) is 6.88. The number of benzene rings is 2. The molecule has 0 bridgehead atoms. The maximum absolute atomic E-state index is 13.6. The number of carbonyl (C=O) groups excluding carboxylic acids is 1. The zero-order chi connectivity index (χ0) is 23.7. The van der Waals surface area contributed by atoms with Gasteiger partial charge in [-0.15, -0.1) is 0 Å². The van der Waals surface area contributed by atoms with Crippen LogP contribution in [0.2, 0.25) is 0 Å². The highest BCUT2D eigenvalue weighted by Gasteiger charge is 2.24. The molecule has 0 radical (unpaired) electrons. The molecule has 1 aliphatic heterocycles. The first-order valence-corrected chi connectivity index (χ1v) is 12.4. The van der Waals surface area contributed by atoms with E-state index in [0.29, 0.717) is 22.2 Å². The van der Waals surface area contributed by atoms with Gasteiger partial charge in [-0.2, -0.15) is 0 Å². The first-order chi connectivity index (χ1) is 16.5. The Kier molecular flexibility index (Phi) is 6.37. The second-order valence-corrected chi connectivity index (χ2v) is 9.55. The van der Waals surface area contributed by atoms with Crippen molar-refractivity contribution in [3.05, 3.63) is 64.2 Å². The van der Waals surface area contributed by atoms with Crippen LogP contribution in [0.1, 0.15) is 48.5 Å². The maximum Gasteiger partial charge on any atom is 0.265 e. The van der Waals surface area contributed by atoms with Crippen LogP contribution in [0, 0.1) is 6.92 Å². The van der Waals surface area contributed by atoms with Crippen LogP contribution in [0.3, 0.4) is 0 Å². The Labute approximate surface area is 200 Å². The third-order valence-corrected chi connectivity index (χ3v) is 6.88. The number of carbonyl (C=O) groups is 1. The Morgan fingerprint density at radius 3 is 2.74 bits per heavy atom. The molecule has 2 aromatic carbocycles. The molecule has 0 atom stereocenters. The molecule has 1 amide bonds. The maximum atomic E-state index is 13.6. The predicted molar refractivity (Wildman–Crippen MR) is 136 cm³/mol. The summed E-state index contributed by atoms with van der Waals surface area (Å²) in [4.78, 5) is 35.6. The van der Waals surface area contributed by atoms with E-state index in [1.165, 1.54) is 6.42 Å². The highest BCUT2D eigenvalue weighted by molar-refractivity contribution is 5.95. The first kappa shape index (κ1) is 22.6. The van der Waals surface area contributed by atoms with E-state index in [0.717, 1.165) is 63.2 Å². The third kappa shape index (κ3) is 4.71. The summed E-state index contributed by atoms with van der Waals surface area (Å²) < 4.78 is 1.57. The van der Waals surface area contributed by atoms with Gasteiger partial charge in [-0.1, -0.05) is 13.0 Å². The highest BCUT2D eigenvalue weighted by atomic mass is 16.1. The van der Waals surface area contributed by atoms with Crippen LogP contribution >= 0.6 is 0 Å². The van der Waals surface area contributed by atoms with Crippen LogP contribution in [0.15, 0.2) is 47.5 Å². The van der Waals surface area contributed by atoms with Gasteiger partial charge in [-0.05, 0) is 81.6 Å². The van der Waals surface area contributed by atoms with Crippen LogP contribution in [0.5, 0.6) is 0 Å². The molecule has 7 heteroatoms. The SMILES string of the molecule is CCCN1CCCN(c2ccc3ncn(-c4cc(C(=O)NC5CC5)ccc4C)c(=O)c3c2)CC1. The monoisotopic (exact) mass is 459 g/mol. The molecule has 3 aromatic rings. The highest BCUT2D eigenvalue weighted by Crippen LogP contribution is 2.23. The number of hydrogen-bond acceptors (Lipinski definition) is 5. The summed E-state index contributed by atoms with van der Waals surface area (Å²) in [6.45, 7) is 9.41. The number of nitrogens with zero attached hydrogens (tertiary/aromatic N) is 4. The lowest BCUT2D eigenvalue weighted by Crippen LogP contribution is -2.31. The van der Waals surface area contributed by atoms with E-state index in [1.54, 1.807) is 17.0 Å². The number of anilines is 1. The quantitative estimate of drug-likeness (QED) is 0.611. The molecular formula is C27H33N5O2. The molecule has 1 N–H and O–H groups in total. The van der Waals surface area contributed by atoms with Gasteiger partial charge < -0.3 is 15.1 Å². The molecule has 2 aliphatic rings. The lowest BCUT2D eigenvalue weighted by molar-refractivity contribution is 0.0951. The number of nitrogens with one attached hydrogen (secondary N) is 1. The van der Waals surface area contributed by atoms with Crippen molar-refractivity contribution in [1.82, 2.24) is 19.8 Å². The fraction of sp³-hybridized carbons (Fsp3) is 0.444. The van der Waals surface area contributed by atoms with E-state index in [9.17, 15) is 9.59 Å². The second kappa shape index (κ2) is 9.58. The lowest BCUT2D eigenvalue weighted by Gasteiger charge is -2.24. The van der Waals surface area contributed by atoms with Crippen molar-refractivity contribution in [2.75, 3.05) is 37.6 Å². The summed E-state index contributed by atoms with van der Waals surface area (Å²) >= 11 is 0. The number of rotatable bonds is 6. The zero-order valence-electron chi connectivity index (χ0n) is 20.1. The molecule has 5 rings (SSSR count). The Bertz CT molecular complexity index is 1260. The Morgan fingerprint density at radius 2 is 1.94 bits per heavy atom. The Hall–Kier alpha value is -3.19. The Balaban J connectivity index is 1.47. The van der Waals surface area contributed by atoms with Crippen LogP contribution in [0.4, 0.5) is 5.69 Å². The smallest absolute Gasteiger partial charge is 0.265 e. The molecule has 34 heavy (non-hydrogen) atoms. The van der Waals surface area contributed by atoms with Crippen molar-refractivity contribution in [1.29, 1.82) is 0 Å². The van der Waals surface area contributed by atoms with Crippen LogP contribution < -0.4 is 15.8 Å². The number of hydrogen-bond donors (Lipinski definition) is 1. The van der Waals surface area contributed by atoms with Gasteiger partial charge in [0.2, 0.25) is 0 Å². The minimum absolute atomic E-state index is 0.0916. The van der Waals surface area contributed by atoms with Crippen molar-refractivity contribution in [3.8, 4) is 5.69 Å². The molecule has 1 saturated carbocycles. The van der Waals surface area contributed by atoms with E-state index in [-0.39, 0.29) is 17.5 Å². The Morgan fingerprint density at radius 1 is 1.09 bits per heavy atom. The minimum atomic E-state index is -0.114. The molecule has 7 nitrogen and oxygen atoms in total. The average Bonchev–Trinajstić information content (AvgIpc) is 3.68. The number of aromatic nitrogens is 2. The van der Waals surface area contributed by atoms with Gasteiger partial charge in [0.15, 0.2) is 0 Å². The molecule has 0 unspecified atom stereocenters. The molecular weight excluding hydrogens is 426 g/mol. The van der Waals surface area contributed by atoms with Crippen molar-refractivity contribution in [2.24, 2.45) is 0 Å². The van der Waals surface area contributed by atoms with Gasteiger partial charge in [0.25, 0.3) is 11.5 Å². The number of fused-ring (bicyclic) bond motifs is 1. The van der Waals surface area contributed by atoms with Crippen LogP contribution in [-0.4, -0.2) is 59.1 Å². The van der Waals surface area contributed by atoms with Crippen molar-refractivity contribution in [3.63, 3.8) is 0 Å². The average molecular weight is 460 g/mol. The van der Waals surface area contributed by atoms with E-state index in [4.69, 9.17) is 0 Å². The molecule has 0 spiro atoms. The van der Waals surface area contributed by atoms with E-state index < -0.39 is 0 Å².